The van der Waals surface area contributed by atoms with Gasteiger partial charge in [-0.1, -0.05) is 0 Å². The van der Waals surface area contributed by atoms with Gasteiger partial charge in [-0.2, -0.15) is 0 Å². The summed E-state index contributed by atoms with van der Waals surface area (Å²) < 4.78 is 34.7. The Balaban J connectivity index is 2.41. The van der Waals surface area contributed by atoms with Crippen LogP contribution in [0.2, 0.25) is 0 Å². The zero-order chi connectivity index (χ0) is 13.3. The summed E-state index contributed by atoms with van der Waals surface area (Å²) in [5, 5.41) is -1.10. The summed E-state index contributed by atoms with van der Waals surface area (Å²) in [7, 11) is -2.21. The SMILES string of the molecule is COc1ccc(S(=O)(=O)C2CCOC2=O)cc1Br. The number of carbonyl (C=O) groups excluding carboxylic acids is 1. The van der Waals surface area contributed by atoms with Crippen LogP contribution in [0.4, 0.5) is 0 Å². The minimum atomic E-state index is -3.70. The topological polar surface area (TPSA) is 69.7 Å². The van der Waals surface area contributed by atoms with Crippen LogP contribution in [0, 0.1) is 0 Å². The number of cyclic esters (lactones) is 1. The lowest BCUT2D eigenvalue weighted by molar-refractivity contribution is -0.137. The van der Waals surface area contributed by atoms with Crippen molar-refractivity contribution in [1.29, 1.82) is 0 Å². The van der Waals surface area contributed by atoms with E-state index in [-0.39, 0.29) is 17.9 Å². The van der Waals surface area contributed by atoms with Crippen LogP contribution in [0.3, 0.4) is 0 Å². The van der Waals surface area contributed by atoms with Gasteiger partial charge >= 0.3 is 5.97 Å². The van der Waals surface area contributed by atoms with E-state index in [1.165, 1.54) is 25.3 Å². The highest BCUT2D eigenvalue weighted by molar-refractivity contribution is 9.10. The van der Waals surface area contributed by atoms with Crippen LogP contribution in [0.5, 0.6) is 5.75 Å². The van der Waals surface area contributed by atoms with Gasteiger partial charge in [-0.05, 0) is 34.1 Å². The standard InChI is InChI=1S/C11H11BrO5S/c1-16-9-3-2-7(6-8(9)12)18(14,15)10-4-5-17-11(10)13/h2-3,6,10H,4-5H2,1H3. The van der Waals surface area contributed by atoms with Crippen molar-refractivity contribution in [3.8, 4) is 5.75 Å². The Labute approximate surface area is 113 Å². The Morgan fingerprint density at radius 2 is 2.17 bits per heavy atom. The predicted molar refractivity (Wildman–Crippen MR) is 67.2 cm³/mol. The molecule has 1 aromatic rings. The summed E-state index contributed by atoms with van der Waals surface area (Å²) in [6.45, 7) is 0.153. The lowest BCUT2D eigenvalue weighted by Gasteiger charge is -2.10. The third-order valence-electron chi connectivity index (χ3n) is 2.71. The maximum Gasteiger partial charge on any atom is 0.324 e. The molecule has 1 aromatic carbocycles. The maximum atomic E-state index is 12.2. The molecule has 2 rings (SSSR count). The molecule has 5 nitrogen and oxygen atoms in total. The monoisotopic (exact) mass is 334 g/mol. The smallest absolute Gasteiger partial charge is 0.324 e. The summed E-state index contributed by atoms with van der Waals surface area (Å²) in [5.74, 6) is -0.148. The van der Waals surface area contributed by atoms with E-state index in [0.717, 1.165) is 0 Å². The molecule has 1 atom stereocenters. The van der Waals surface area contributed by atoms with Crippen molar-refractivity contribution in [2.75, 3.05) is 13.7 Å². The Bertz CT molecular complexity index is 581. The first kappa shape index (κ1) is 13.4. The fourth-order valence-corrected chi connectivity index (χ4v) is 4.04. The molecule has 1 heterocycles. The number of methoxy groups -OCH3 is 1. The van der Waals surface area contributed by atoms with Crippen LogP contribution in [0.25, 0.3) is 0 Å². The zero-order valence-corrected chi connectivity index (χ0v) is 12.0. The van der Waals surface area contributed by atoms with E-state index in [4.69, 9.17) is 9.47 Å². The molecule has 1 unspecified atom stereocenters. The highest BCUT2D eigenvalue weighted by Crippen LogP contribution is 2.30. The molecule has 7 heteroatoms. The van der Waals surface area contributed by atoms with Gasteiger partial charge in [-0.25, -0.2) is 8.42 Å². The van der Waals surface area contributed by atoms with Crippen molar-refractivity contribution in [1.82, 2.24) is 0 Å². The first-order chi connectivity index (χ1) is 8.46. The van der Waals surface area contributed by atoms with E-state index in [0.29, 0.717) is 10.2 Å². The van der Waals surface area contributed by atoms with E-state index in [2.05, 4.69) is 15.9 Å². The van der Waals surface area contributed by atoms with E-state index in [1.54, 1.807) is 0 Å². The van der Waals surface area contributed by atoms with Crippen molar-refractivity contribution >= 4 is 31.7 Å². The van der Waals surface area contributed by atoms with Crippen molar-refractivity contribution in [2.24, 2.45) is 0 Å². The van der Waals surface area contributed by atoms with Crippen LogP contribution in [-0.4, -0.2) is 33.4 Å². The largest absolute Gasteiger partial charge is 0.496 e. The number of esters is 1. The second-order valence-electron chi connectivity index (χ2n) is 3.79. The van der Waals surface area contributed by atoms with Gasteiger partial charge in [0.15, 0.2) is 15.1 Å². The van der Waals surface area contributed by atoms with Gasteiger partial charge in [0.2, 0.25) is 0 Å². The molecule has 0 aliphatic carbocycles. The van der Waals surface area contributed by atoms with E-state index in [9.17, 15) is 13.2 Å². The highest BCUT2D eigenvalue weighted by atomic mass is 79.9. The lowest BCUT2D eigenvalue weighted by Crippen LogP contribution is -2.26. The number of hydrogen-bond acceptors (Lipinski definition) is 5. The minimum Gasteiger partial charge on any atom is -0.496 e. The van der Waals surface area contributed by atoms with Crippen LogP contribution < -0.4 is 4.74 Å². The molecule has 0 amide bonds. The molecule has 1 fully saturated rings. The predicted octanol–water partition coefficient (Wildman–Crippen LogP) is 1.55. The number of hydrogen-bond donors (Lipinski definition) is 0. The second-order valence-corrected chi connectivity index (χ2v) is 6.77. The Hall–Kier alpha value is -1.08. The number of sulfone groups is 1. The lowest BCUT2D eigenvalue weighted by atomic mass is 10.3. The van der Waals surface area contributed by atoms with Crippen LogP contribution in [0.15, 0.2) is 27.6 Å². The molecular formula is C11H11BrO5S. The molecule has 0 saturated carbocycles. The van der Waals surface area contributed by atoms with Gasteiger partial charge in [0.05, 0.1) is 23.1 Å². The van der Waals surface area contributed by atoms with Crippen molar-refractivity contribution in [2.45, 2.75) is 16.6 Å². The first-order valence-electron chi connectivity index (χ1n) is 5.21. The Kier molecular flexibility index (Phi) is 3.63. The molecule has 1 aliphatic heterocycles. The fourth-order valence-electron chi connectivity index (χ4n) is 1.75. The first-order valence-corrected chi connectivity index (χ1v) is 7.55. The summed E-state index contributed by atoms with van der Waals surface area (Å²) in [4.78, 5) is 11.4. The molecule has 0 N–H and O–H groups in total. The minimum absolute atomic E-state index is 0.0824. The average molecular weight is 335 g/mol. The number of carbonyl (C=O) groups is 1. The fraction of sp³-hybridized carbons (Fsp3) is 0.364. The number of benzene rings is 1. The molecule has 0 aromatic heterocycles. The van der Waals surface area contributed by atoms with Crippen molar-refractivity contribution < 1.29 is 22.7 Å². The second kappa shape index (κ2) is 4.89. The highest BCUT2D eigenvalue weighted by Gasteiger charge is 2.39. The molecule has 0 radical (unpaired) electrons. The van der Waals surface area contributed by atoms with Gasteiger partial charge in [0.1, 0.15) is 5.75 Å². The van der Waals surface area contributed by atoms with E-state index >= 15 is 0 Å². The Morgan fingerprint density at radius 3 is 2.67 bits per heavy atom. The van der Waals surface area contributed by atoms with Crippen LogP contribution in [0.1, 0.15) is 6.42 Å². The molecule has 1 saturated heterocycles. The van der Waals surface area contributed by atoms with Gasteiger partial charge in [0, 0.05) is 6.42 Å². The summed E-state index contributed by atoms with van der Waals surface area (Å²) in [6, 6.07) is 4.39. The van der Waals surface area contributed by atoms with Crippen molar-refractivity contribution in [3.63, 3.8) is 0 Å². The van der Waals surface area contributed by atoms with Gasteiger partial charge in [0.25, 0.3) is 0 Å². The molecule has 0 spiro atoms. The zero-order valence-electron chi connectivity index (χ0n) is 9.55. The molecule has 1 aliphatic rings. The number of halogens is 1. The van der Waals surface area contributed by atoms with Gasteiger partial charge < -0.3 is 9.47 Å². The molecule has 0 bridgehead atoms. The summed E-state index contributed by atoms with van der Waals surface area (Å²) in [5.41, 5.74) is 0. The Morgan fingerprint density at radius 1 is 1.44 bits per heavy atom. The van der Waals surface area contributed by atoms with E-state index < -0.39 is 21.1 Å². The van der Waals surface area contributed by atoms with E-state index in [1.807, 2.05) is 0 Å². The summed E-state index contributed by atoms with van der Waals surface area (Å²) in [6.07, 6.45) is 0.199. The van der Waals surface area contributed by atoms with Crippen LogP contribution >= 0.6 is 15.9 Å². The third-order valence-corrected chi connectivity index (χ3v) is 5.42. The molecule has 18 heavy (non-hydrogen) atoms. The average Bonchev–Trinajstić information content (AvgIpc) is 2.76. The van der Waals surface area contributed by atoms with Crippen molar-refractivity contribution in [3.05, 3.63) is 22.7 Å². The number of rotatable bonds is 3. The third kappa shape index (κ3) is 2.24. The normalized spacial score (nSPS) is 19.7. The number of ether oxygens (including phenoxy) is 2. The van der Waals surface area contributed by atoms with Gasteiger partial charge in [-0.15, -0.1) is 0 Å². The van der Waals surface area contributed by atoms with Gasteiger partial charge in [-0.3, -0.25) is 4.79 Å². The quantitative estimate of drug-likeness (QED) is 0.784. The molecule has 98 valence electrons. The molecular weight excluding hydrogens is 324 g/mol. The van der Waals surface area contributed by atoms with Crippen LogP contribution in [-0.2, 0) is 19.4 Å². The summed E-state index contributed by atoms with van der Waals surface area (Å²) >= 11 is 3.22. The maximum absolute atomic E-state index is 12.2.